The number of para-hydroxylation sites is 1. The maximum atomic E-state index is 13.3. The molecule has 0 radical (unpaired) electrons. The Kier molecular flexibility index (Phi) is 5.62. The predicted octanol–water partition coefficient (Wildman–Crippen LogP) is 4.27. The van der Waals surface area contributed by atoms with E-state index in [0.717, 1.165) is 29.8 Å². The zero-order chi connectivity index (χ0) is 21.3. The number of fused-ring (bicyclic) bond motifs is 1. The molecule has 5 heteroatoms. The number of benzene rings is 2. The van der Waals surface area contributed by atoms with E-state index in [9.17, 15) is 9.59 Å². The predicted molar refractivity (Wildman–Crippen MR) is 118 cm³/mol. The van der Waals surface area contributed by atoms with Gasteiger partial charge in [0.2, 0.25) is 0 Å². The van der Waals surface area contributed by atoms with Crippen molar-refractivity contribution in [3.63, 3.8) is 0 Å². The van der Waals surface area contributed by atoms with E-state index in [2.05, 4.69) is 19.9 Å². The van der Waals surface area contributed by atoms with E-state index in [1.165, 1.54) is 10.5 Å². The first-order valence-corrected chi connectivity index (χ1v) is 10.7. The van der Waals surface area contributed by atoms with Gasteiger partial charge in [-0.1, -0.05) is 51.1 Å². The summed E-state index contributed by atoms with van der Waals surface area (Å²) in [6.45, 7) is 7.95. The quantitative estimate of drug-likeness (QED) is 0.647. The minimum Gasteiger partial charge on any atom is -0.493 e. The maximum absolute atomic E-state index is 13.3. The normalized spacial score (nSPS) is 16.1. The molecule has 5 nitrogen and oxygen atoms in total. The van der Waals surface area contributed by atoms with Crippen LogP contribution in [0.4, 0.5) is 5.69 Å². The van der Waals surface area contributed by atoms with Crippen LogP contribution in [0.25, 0.3) is 5.57 Å². The van der Waals surface area contributed by atoms with E-state index in [0.29, 0.717) is 36.9 Å². The first-order valence-electron chi connectivity index (χ1n) is 10.7. The van der Waals surface area contributed by atoms with E-state index >= 15 is 0 Å². The van der Waals surface area contributed by atoms with Gasteiger partial charge in [-0.15, -0.1) is 0 Å². The Hall–Kier alpha value is -3.08. The molecule has 2 heterocycles. The van der Waals surface area contributed by atoms with Crippen LogP contribution in [0.15, 0.2) is 54.2 Å². The summed E-state index contributed by atoms with van der Waals surface area (Å²) in [5.41, 5.74) is 3.95. The van der Waals surface area contributed by atoms with Crippen LogP contribution < -0.4 is 9.64 Å². The molecule has 4 rings (SSSR count). The Morgan fingerprint density at radius 1 is 1.00 bits per heavy atom. The summed E-state index contributed by atoms with van der Waals surface area (Å²) >= 11 is 0. The highest BCUT2D eigenvalue weighted by Gasteiger charge is 2.42. The van der Waals surface area contributed by atoms with Gasteiger partial charge in [-0.25, -0.2) is 0 Å². The van der Waals surface area contributed by atoms with Crippen molar-refractivity contribution in [2.24, 2.45) is 5.92 Å². The van der Waals surface area contributed by atoms with Crippen LogP contribution >= 0.6 is 0 Å². The lowest BCUT2D eigenvalue weighted by Gasteiger charge is -2.21. The molecule has 2 amide bonds. The van der Waals surface area contributed by atoms with E-state index in [-0.39, 0.29) is 11.8 Å². The summed E-state index contributed by atoms with van der Waals surface area (Å²) < 4.78 is 5.78. The molecule has 0 atom stereocenters. The fourth-order valence-corrected chi connectivity index (χ4v) is 4.05. The number of carbonyl (C=O) groups is 2. The SMILES string of the molecule is CCCN1C(=O)C(c2ccc(OCC(C)C)cc2)=C(N2CCc3ccccc32)C1=O. The molecule has 0 aliphatic carbocycles. The summed E-state index contributed by atoms with van der Waals surface area (Å²) in [5, 5.41) is 0. The van der Waals surface area contributed by atoms with Crippen LogP contribution in [0.3, 0.4) is 0 Å². The Morgan fingerprint density at radius 2 is 1.73 bits per heavy atom. The van der Waals surface area contributed by atoms with Crippen LogP contribution in [-0.4, -0.2) is 36.4 Å². The van der Waals surface area contributed by atoms with Gasteiger partial charge in [-0.3, -0.25) is 14.5 Å². The van der Waals surface area contributed by atoms with Crippen molar-refractivity contribution in [1.29, 1.82) is 0 Å². The second-order valence-corrected chi connectivity index (χ2v) is 8.25. The van der Waals surface area contributed by atoms with Crippen molar-refractivity contribution < 1.29 is 14.3 Å². The number of anilines is 1. The average molecular weight is 405 g/mol. The van der Waals surface area contributed by atoms with Crippen LogP contribution in [0.1, 0.15) is 38.3 Å². The molecular formula is C25H28N2O3. The first-order chi connectivity index (χ1) is 14.5. The second-order valence-electron chi connectivity index (χ2n) is 8.25. The number of hydrogen-bond donors (Lipinski definition) is 0. The molecule has 2 aromatic carbocycles. The molecular weight excluding hydrogens is 376 g/mol. The molecule has 0 unspecified atom stereocenters. The zero-order valence-electron chi connectivity index (χ0n) is 17.9. The fraction of sp³-hybridized carbons (Fsp3) is 0.360. The van der Waals surface area contributed by atoms with Gasteiger partial charge in [0.05, 0.1) is 12.2 Å². The lowest BCUT2D eigenvalue weighted by atomic mass is 10.0. The van der Waals surface area contributed by atoms with Gasteiger partial charge in [-0.2, -0.15) is 0 Å². The smallest absolute Gasteiger partial charge is 0.278 e. The van der Waals surface area contributed by atoms with Crippen molar-refractivity contribution in [2.45, 2.75) is 33.6 Å². The average Bonchev–Trinajstić information content (AvgIpc) is 3.27. The second kappa shape index (κ2) is 8.34. The lowest BCUT2D eigenvalue weighted by molar-refractivity contribution is -0.136. The Morgan fingerprint density at radius 3 is 2.43 bits per heavy atom. The molecule has 0 spiro atoms. The van der Waals surface area contributed by atoms with Crippen molar-refractivity contribution in [3.05, 3.63) is 65.4 Å². The van der Waals surface area contributed by atoms with Crippen LogP contribution in [0.2, 0.25) is 0 Å². The van der Waals surface area contributed by atoms with Crippen molar-refractivity contribution in [1.82, 2.24) is 4.90 Å². The van der Waals surface area contributed by atoms with Gasteiger partial charge in [-0.05, 0) is 48.1 Å². The van der Waals surface area contributed by atoms with Gasteiger partial charge in [0.25, 0.3) is 11.8 Å². The van der Waals surface area contributed by atoms with Gasteiger partial charge in [0.15, 0.2) is 0 Å². The molecule has 2 aliphatic heterocycles. The number of imide groups is 1. The number of nitrogens with zero attached hydrogens (tertiary/aromatic N) is 2. The number of hydrogen-bond acceptors (Lipinski definition) is 4. The maximum Gasteiger partial charge on any atom is 0.278 e. The lowest BCUT2D eigenvalue weighted by Crippen LogP contribution is -2.35. The highest BCUT2D eigenvalue weighted by Crippen LogP contribution is 2.38. The molecule has 2 aromatic rings. The highest BCUT2D eigenvalue weighted by atomic mass is 16.5. The number of amides is 2. The molecule has 0 bridgehead atoms. The van der Waals surface area contributed by atoms with Crippen LogP contribution in [0, 0.1) is 5.92 Å². The third kappa shape index (κ3) is 3.60. The Bertz CT molecular complexity index is 992. The van der Waals surface area contributed by atoms with Crippen LogP contribution in [-0.2, 0) is 16.0 Å². The molecule has 0 saturated carbocycles. The Balaban J connectivity index is 1.75. The third-order valence-electron chi connectivity index (χ3n) is 5.47. The summed E-state index contributed by atoms with van der Waals surface area (Å²) in [5.74, 6) is 0.792. The van der Waals surface area contributed by atoms with Crippen molar-refractivity contribution in [3.8, 4) is 5.75 Å². The van der Waals surface area contributed by atoms with E-state index in [1.54, 1.807) is 0 Å². The number of carbonyl (C=O) groups excluding carboxylic acids is 2. The summed E-state index contributed by atoms with van der Waals surface area (Å²) in [7, 11) is 0. The third-order valence-corrected chi connectivity index (χ3v) is 5.47. The van der Waals surface area contributed by atoms with Crippen molar-refractivity contribution >= 4 is 23.1 Å². The minimum atomic E-state index is -0.211. The molecule has 156 valence electrons. The summed E-state index contributed by atoms with van der Waals surface area (Å²) in [4.78, 5) is 30.0. The van der Waals surface area contributed by atoms with E-state index in [4.69, 9.17) is 4.74 Å². The Labute approximate surface area is 177 Å². The summed E-state index contributed by atoms with van der Waals surface area (Å²) in [6.07, 6.45) is 1.60. The monoisotopic (exact) mass is 404 g/mol. The molecule has 0 aromatic heterocycles. The van der Waals surface area contributed by atoms with Gasteiger partial charge >= 0.3 is 0 Å². The fourth-order valence-electron chi connectivity index (χ4n) is 4.05. The molecule has 0 N–H and O–H groups in total. The standard InChI is InChI=1S/C25H28N2O3/c1-4-14-27-24(28)22(19-9-11-20(12-10-19)30-16-17(2)3)23(25(27)29)26-15-13-18-7-5-6-8-21(18)26/h5-12,17H,4,13-16H2,1-3H3. The van der Waals surface area contributed by atoms with E-state index in [1.807, 2.05) is 54.3 Å². The number of ether oxygens (including phenoxy) is 1. The molecule has 2 aliphatic rings. The van der Waals surface area contributed by atoms with Crippen LogP contribution in [0.5, 0.6) is 5.75 Å². The largest absolute Gasteiger partial charge is 0.493 e. The van der Waals surface area contributed by atoms with Gasteiger partial charge < -0.3 is 9.64 Å². The topological polar surface area (TPSA) is 49.9 Å². The first kappa shape index (κ1) is 20.2. The van der Waals surface area contributed by atoms with Crippen molar-refractivity contribution in [2.75, 3.05) is 24.6 Å². The number of rotatable bonds is 7. The highest BCUT2D eigenvalue weighted by molar-refractivity contribution is 6.36. The molecule has 0 fully saturated rings. The minimum absolute atomic E-state index is 0.200. The van der Waals surface area contributed by atoms with E-state index < -0.39 is 0 Å². The van der Waals surface area contributed by atoms with Gasteiger partial charge in [0, 0.05) is 18.8 Å². The summed E-state index contributed by atoms with van der Waals surface area (Å²) in [6, 6.07) is 15.6. The molecule has 0 saturated heterocycles. The zero-order valence-corrected chi connectivity index (χ0v) is 17.9. The van der Waals surface area contributed by atoms with Gasteiger partial charge in [0.1, 0.15) is 11.4 Å². The molecule has 30 heavy (non-hydrogen) atoms.